The summed E-state index contributed by atoms with van der Waals surface area (Å²) in [6.07, 6.45) is 2.07. The summed E-state index contributed by atoms with van der Waals surface area (Å²) in [4.78, 5) is 13.8. The van der Waals surface area contributed by atoms with Crippen LogP contribution in [0.1, 0.15) is 97.1 Å². The van der Waals surface area contributed by atoms with E-state index in [0.717, 1.165) is 18.4 Å². The van der Waals surface area contributed by atoms with Gasteiger partial charge in [0.05, 0.1) is 23.8 Å². The minimum Gasteiger partial charge on any atom is -0.485 e. The molecule has 1 aromatic carbocycles. The smallest absolute Gasteiger partial charge is 0.251 e. The molecular formula is C33H52N2O5Si2. The zero-order valence-corrected chi connectivity index (χ0v) is 29.8. The van der Waals surface area contributed by atoms with E-state index in [0.29, 0.717) is 23.5 Å². The van der Waals surface area contributed by atoms with Crippen molar-refractivity contribution in [2.45, 2.75) is 128 Å². The Morgan fingerprint density at radius 2 is 1.67 bits per heavy atom. The minimum absolute atomic E-state index is 0.0117. The molecule has 0 saturated heterocycles. The number of ether oxygens (including phenoxy) is 1. The first kappa shape index (κ1) is 34.3. The van der Waals surface area contributed by atoms with E-state index in [9.17, 15) is 15.2 Å². The van der Waals surface area contributed by atoms with Gasteiger partial charge in [0.25, 0.3) is 5.56 Å². The number of nitriles is 1. The highest BCUT2D eigenvalue weighted by Gasteiger charge is 2.45. The zero-order chi connectivity index (χ0) is 31.9. The van der Waals surface area contributed by atoms with E-state index in [1.807, 2.05) is 6.07 Å². The van der Waals surface area contributed by atoms with Crippen molar-refractivity contribution in [3.8, 4) is 11.8 Å². The molecule has 0 radical (unpaired) electrons. The Labute approximate surface area is 255 Å². The number of benzene rings is 1. The molecule has 1 aromatic heterocycles. The fourth-order valence-electron chi connectivity index (χ4n) is 4.71. The lowest BCUT2D eigenvalue weighted by Crippen LogP contribution is -2.52. The highest BCUT2D eigenvalue weighted by Crippen LogP contribution is 2.43. The van der Waals surface area contributed by atoms with Crippen molar-refractivity contribution in [1.82, 2.24) is 4.57 Å². The number of aliphatic hydroxyl groups excluding tert-OH is 1. The number of aliphatic hydroxyl groups is 1. The van der Waals surface area contributed by atoms with E-state index in [-0.39, 0.29) is 21.7 Å². The molecule has 1 aliphatic rings. The van der Waals surface area contributed by atoms with Crippen LogP contribution in [-0.2, 0) is 8.85 Å². The average molecular weight is 613 g/mol. The van der Waals surface area contributed by atoms with Crippen molar-refractivity contribution in [3.05, 3.63) is 63.6 Å². The standard InChI is InChI=1S/C33H52N2O5Si2/c1-31(2,3)41(9,10)38-19-13-14-26(40-42(11,12)32(4,5)6)24-17-18-35(28(36)21-24)29-25-20-23(22-34)15-16-27(25)39-33(7,8)30(29)37/h15-18,20-21,26,29-30,37H,13-14,19H2,1-12H3/t26?,29-,30+/m1/s1. The summed E-state index contributed by atoms with van der Waals surface area (Å²) in [6, 6.07) is 10.2. The van der Waals surface area contributed by atoms with Crippen LogP contribution in [-0.4, -0.2) is 44.6 Å². The van der Waals surface area contributed by atoms with Crippen LogP contribution in [0.3, 0.4) is 0 Å². The van der Waals surface area contributed by atoms with Crippen LogP contribution in [0, 0.1) is 11.3 Å². The number of rotatable bonds is 9. The maximum Gasteiger partial charge on any atom is 0.251 e. The quantitative estimate of drug-likeness (QED) is 0.230. The molecule has 3 rings (SSSR count). The van der Waals surface area contributed by atoms with Crippen LogP contribution < -0.4 is 10.3 Å². The molecule has 0 amide bonds. The highest BCUT2D eigenvalue weighted by atomic mass is 28.4. The normalized spacial score (nSPS) is 19.9. The molecule has 0 saturated carbocycles. The summed E-state index contributed by atoms with van der Waals surface area (Å²) in [7, 11) is -4.02. The Balaban J connectivity index is 1.97. The van der Waals surface area contributed by atoms with Gasteiger partial charge in [0.2, 0.25) is 0 Å². The fraction of sp³-hybridized carbons (Fsp3) is 0.636. The zero-order valence-electron chi connectivity index (χ0n) is 27.8. The second-order valence-corrected chi connectivity index (χ2v) is 24.8. The largest absolute Gasteiger partial charge is 0.485 e. The summed E-state index contributed by atoms with van der Waals surface area (Å²) in [5, 5.41) is 21.0. The molecule has 2 heterocycles. The summed E-state index contributed by atoms with van der Waals surface area (Å²) >= 11 is 0. The van der Waals surface area contributed by atoms with Crippen molar-refractivity contribution in [3.63, 3.8) is 0 Å². The Kier molecular flexibility index (Phi) is 9.83. The molecule has 1 aliphatic heterocycles. The van der Waals surface area contributed by atoms with Gasteiger partial charge in [-0.25, -0.2) is 0 Å². The van der Waals surface area contributed by atoms with Gasteiger partial charge in [-0.05, 0) is 92.8 Å². The second-order valence-electron chi connectivity index (χ2n) is 15.3. The highest BCUT2D eigenvalue weighted by molar-refractivity contribution is 6.74. The molecule has 7 nitrogen and oxygen atoms in total. The molecule has 9 heteroatoms. The predicted molar refractivity (Wildman–Crippen MR) is 174 cm³/mol. The van der Waals surface area contributed by atoms with Crippen molar-refractivity contribution in [2.75, 3.05) is 6.61 Å². The van der Waals surface area contributed by atoms with Crippen LogP contribution in [0.15, 0.2) is 41.3 Å². The molecular weight excluding hydrogens is 561 g/mol. The first-order chi connectivity index (χ1) is 19.1. The Hall–Kier alpha value is -2.23. The Bertz CT molecular complexity index is 1360. The molecule has 42 heavy (non-hydrogen) atoms. The topological polar surface area (TPSA) is 93.7 Å². The van der Waals surface area contributed by atoms with Gasteiger partial charge in [0.15, 0.2) is 16.6 Å². The van der Waals surface area contributed by atoms with E-state index in [1.165, 1.54) is 0 Å². The molecule has 0 spiro atoms. The molecule has 3 atom stereocenters. The maximum atomic E-state index is 13.8. The number of hydrogen-bond donors (Lipinski definition) is 1. The third-order valence-electron chi connectivity index (χ3n) is 9.61. The first-order valence-corrected chi connectivity index (χ1v) is 20.9. The summed E-state index contributed by atoms with van der Waals surface area (Å²) < 4.78 is 21.0. The predicted octanol–water partition coefficient (Wildman–Crippen LogP) is 7.71. The van der Waals surface area contributed by atoms with Crippen LogP contribution in [0.4, 0.5) is 0 Å². The number of fused-ring (bicyclic) bond motifs is 1. The molecule has 0 bridgehead atoms. The van der Waals surface area contributed by atoms with E-state index in [4.69, 9.17) is 13.6 Å². The van der Waals surface area contributed by atoms with Gasteiger partial charge in [-0.2, -0.15) is 5.26 Å². The third-order valence-corrected chi connectivity index (χ3v) is 18.6. The van der Waals surface area contributed by atoms with Gasteiger partial charge in [-0.15, -0.1) is 0 Å². The molecule has 232 valence electrons. The summed E-state index contributed by atoms with van der Waals surface area (Å²) in [6.45, 7) is 26.7. The molecule has 0 fully saturated rings. The van der Waals surface area contributed by atoms with Crippen molar-refractivity contribution < 1.29 is 18.7 Å². The Morgan fingerprint density at radius 1 is 1.05 bits per heavy atom. The van der Waals surface area contributed by atoms with E-state index >= 15 is 0 Å². The SMILES string of the molecule is CC1(C)Oc2ccc(C#N)cc2[C@@H](n2ccc(C(CCCO[Si](C)(C)C(C)(C)C)O[Si](C)(C)C(C)(C)C)cc2=O)[C@@H]1O. The van der Waals surface area contributed by atoms with E-state index in [1.54, 1.807) is 48.9 Å². The average Bonchev–Trinajstić information content (AvgIpc) is 2.85. The van der Waals surface area contributed by atoms with Crippen molar-refractivity contribution >= 4 is 16.6 Å². The van der Waals surface area contributed by atoms with Gasteiger partial charge in [-0.3, -0.25) is 4.79 Å². The van der Waals surface area contributed by atoms with Crippen LogP contribution >= 0.6 is 0 Å². The lowest BCUT2D eigenvalue weighted by atomic mass is 9.85. The van der Waals surface area contributed by atoms with E-state index < -0.39 is 34.4 Å². The van der Waals surface area contributed by atoms with Gasteiger partial charge < -0.3 is 23.3 Å². The number of pyridine rings is 1. The second kappa shape index (κ2) is 12.0. The number of aromatic nitrogens is 1. The summed E-state index contributed by atoms with van der Waals surface area (Å²) in [5.41, 5.74) is 0.737. The molecule has 0 aliphatic carbocycles. The van der Waals surface area contributed by atoms with Crippen molar-refractivity contribution in [2.24, 2.45) is 0 Å². The van der Waals surface area contributed by atoms with E-state index in [2.05, 4.69) is 73.8 Å². The lowest BCUT2D eigenvalue weighted by molar-refractivity contribution is -0.0643. The third kappa shape index (κ3) is 7.28. The molecule has 1 unspecified atom stereocenters. The maximum absolute atomic E-state index is 13.8. The molecule has 2 aromatic rings. The van der Waals surface area contributed by atoms with Gasteiger partial charge in [-0.1, -0.05) is 41.5 Å². The Morgan fingerprint density at radius 3 is 2.21 bits per heavy atom. The number of nitrogens with zero attached hydrogens (tertiary/aromatic N) is 2. The van der Waals surface area contributed by atoms with Gasteiger partial charge in [0.1, 0.15) is 17.5 Å². The minimum atomic E-state index is -2.16. The lowest BCUT2D eigenvalue weighted by Gasteiger charge is -2.43. The fourth-order valence-corrected chi connectivity index (χ4v) is 7.12. The first-order valence-electron chi connectivity index (χ1n) is 15.1. The van der Waals surface area contributed by atoms with Crippen molar-refractivity contribution in [1.29, 1.82) is 5.26 Å². The number of hydrogen-bond acceptors (Lipinski definition) is 6. The van der Waals surface area contributed by atoms with Crippen LogP contribution in [0.25, 0.3) is 0 Å². The summed E-state index contributed by atoms with van der Waals surface area (Å²) in [5.74, 6) is 0.561. The van der Waals surface area contributed by atoms with Gasteiger partial charge in [0, 0.05) is 24.4 Å². The van der Waals surface area contributed by atoms with Crippen LogP contribution in [0.2, 0.25) is 36.3 Å². The van der Waals surface area contributed by atoms with Crippen LogP contribution in [0.5, 0.6) is 5.75 Å². The monoisotopic (exact) mass is 612 g/mol. The van der Waals surface area contributed by atoms with Gasteiger partial charge >= 0.3 is 0 Å². The molecule has 1 N–H and O–H groups in total.